The minimum absolute atomic E-state index is 0. The Morgan fingerprint density at radius 1 is 1.08 bits per heavy atom. The third kappa shape index (κ3) is 4.91. The summed E-state index contributed by atoms with van der Waals surface area (Å²) >= 11 is 0. The summed E-state index contributed by atoms with van der Waals surface area (Å²) in [6.45, 7) is 8.23. The molecule has 2 rings (SSSR count). The average Bonchev–Trinajstić information content (AvgIpc) is 2.53. The van der Waals surface area contributed by atoms with Crippen molar-refractivity contribution in [2.45, 2.75) is 25.8 Å². The Balaban J connectivity index is 0.00000288. The van der Waals surface area contributed by atoms with Gasteiger partial charge in [0.2, 0.25) is 0 Å². The molecule has 0 fully saturated rings. The first kappa shape index (κ1) is 20.4. The number of amides is 1. The minimum atomic E-state index is -0.413. The van der Waals surface area contributed by atoms with Gasteiger partial charge in [-0.2, -0.15) is 18.6 Å². The number of carbonyl (C=O) groups excluding carboxylic acids is 1. The van der Waals surface area contributed by atoms with E-state index >= 15 is 0 Å². The number of benzene rings is 2. The van der Waals surface area contributed by atoms with Crippen LogP contribution in [-0.4, -0.2) is 34.6 Å². The molecule has 1 N–H and O–H groups in total. The van der Waals surface area contributed by atoms with E-state index in [0.717, 1.165) is 12.0 Å². The van der Waals surface area contributed by atoms with Gasteiger partial charge < -0.3 is 10.0 Å². The monoisotopic (exact) mass is 317 g/mol. The molecule has 3 nitrogen and oxygen atoms in total. The van der Waals surface area contributed by atoms with Gasteiger partial charge in [0.05, 0.1) is 6.61 Å². The van der Waals surface area contributed by atoms with E-state index < -0.39 is 5.54 Å². The molecule has 0 unspecified atom stereocenters. The Labute approximate surface area is 156 Å². The molecule has 0 saturated heterocycles. The van der Waals surface area contributed by atoms with Gasteiger partial charge in [0.15, 0.2) is 5.91 Å². The second-order valence-electron chi connectivity index (χ2n) is 6.31. The van der Waals surface area contributed by atoms with E-state index in [-0.39, 0.29) is 31.4 Å². The normalized spacial score (nSPS) is 10.8. The molecule has 24 heavy (non-hydrogen) atoms. The van der Waals surface area contributed by atoms with Crippen LogP contribution in [0, 0.1) is 6.92 Å². The van der Waals surface area contributed by atoms with E-state index in [2.05, 4.69) is 19.1 Å². The second-order valence-corrected chi connectivity index (χ2v) is 6.31. The summed E-state index contributed by atoms with van der Waals surface area (Å²) in [4.78, 5) is 14.7. The van der Waals surface area contributed by atoms with Gasteiger partial charge in [-0.15, -0.1) is 12.1 Å². The van der Waals surface area contributed by atoms with E-state index in [1.807, 2.05) is 50.2 Å². The maximum atomic E-state index is 13.0. The van der Waals surface area contributed by atoms with E-state index in [9.17, 15) is 9.90 Å². The molecule has 0 aromatic heterocycles. The van der Waals surface area contributed by atoms with Gasteiger partial charge in [0.25, 0.3) is 0 Å². The maximum Gasteiger partial charge on any atom is 1.00 e. The van der Waals surface area contributed by atoms with Crippen molar-refractivity contribution in [1.82, 2.24) is 4.90 Å². The fraction of sp³-hybridized carbons (Fsp3) is 0.300. The van der Waals surface area contributed by atoms with Crippen LogP contribution in [0.2, 0.25) is 0 Å². The number of nitrogens with zero attached hydrogens (tertiary/aromatic N) is 1. The van der Waals surface area contributed by atoms with Crippen molar-refractivity contribution in [3.05, 3.63) is 78.2 Å². The fourth-order valence-electron chi connectivity index (χ4n) is 2.84. The summed E-state index contributed by atoms with van der Waals surface area (Å²) in [5, 5.41) is 9.42. The van der Waals surface area contributed by atoms with Crippen molar-refractivity contribution < 1.29 is 28.8 Å². The molecule has 4 heteroatoms. The van der Waals surface area contributed by atoms with Crippen molar-refractivity contribution in [2.75, 3.05) is 13.2 Å². The second kappa shape index (κ2) is 8.99. The number of rotatable bonds is 6. The first-order chi connectivity index (χ1) is 11.0. The molecule has 0 aliphatic rings. The zero-order chi connectivity index (χ0) is 16.9. The van der Waals surface area contributed by atoms with Crippen LogP contribution in [0.3, 0.4) is 0 Å². The molecule has 0 aliphatic carbocycles. The first-order valence-corrected chi connectivity index (χ1v) is 7.83. The Morgan fingerprint density at radius 2 is 1.67 bits per heavy atom. The van der Waals surface area contributed by atoms with Crippen LogP contribution in [0.1, 0.15) is 35.3 Å². The number of β-amino-alcohol motifs (C(OH)–C–C–N with tert-alkyl or cyclic N) is 1. The molecule has 0 saturated carbocycles. The first-order valence-electron chi connectivity index (χ1n) is 7.83. The molecule has 0 heterocycles. The number of hydrogen-bond acceptors (Lipinski definition) is 2. The molecule has 0 spiro atoms. The predicted molar refractivity (Wildman–Crippen MR) is 93.2 cm³/mol. The number of aliphatic hydroxyl groups is 1. The fourth-order valence-corrected chi connectivity index (χ4v) is 2.84. The van der Waals surface area contributed by atoms with Crippen LogP contribution in [-0.2, 0) is 6.42 Å². The van der Waals surface area contributed by atoms with Gasteiger partial charge in [-0.3, -0.25) is 4.79 Å². The number of carbonyl (C=O) groups is 1. The van der Waals surface area contributed by atoms with Gasteiger partial charge in [0, 0.05) is 12.1 Å². The third-order valence-corrected chi connectivity index (χ3v) is 4.03. The summed E-state index contributed by atoms with van der Waals surface area (Å²) < 4.78 is 0. The summed E-state index contributed by atoms with van der Waals surface area (Å²) in [6.07, 6.45) is 0.721. The van der Waals surface area contributed by atoms with Gasteiger partial charge >= 0.3 is 18.9 Å². The summed E-state index contributed by atoms with van der Waals surface area (Å²) in [6, 6.07) is 17.4. The predicted octanol–water partition coefficient (Wildman–Crippen LogP) is 0.329. The van der Waals surface area contributed by atoms with Crippen LogP contribution >= 0.6 is 0 Å². The van der Waals surface area contributed by atoms with E-state index in [0.29, 0.717) is 17.7 Å². The quantitative estimate of drug-likeness (QED) is 0.616. The SMILES string of the molecule is [CH2-]c1ccccc1C(=O)N(CCO)C(C)(C)Cc1ccccc1.[Li+]. The van der Waals surface area contributed by atoms with Crippen molar-refractivity contribution in [1.29, 1.82) is 0 Å². The van der Waals surface area contributed by atoms with Gasteiger partial charge in [-0.05, 0) is 25.8 Å². The van der Waals surface area contributed by atoms with E-state index in [4.69, 9.17) is 0 Å². The molecular weight excluding hydrogens is 293 g/mol. The molecule has 0 aliphatic heterocycles. The number of aliphatic hydroxyl groups excluding tert-OH is 1. The summed E-state index contributed by atoms with van der Waals surface area (Å²) in [5.74, 6) is -0.0921. The van der Waals surface area contributed by atoms with Crippen molar-refractivity contribution in [2.24, 2.45) is 0 Å². The molecule has 2 aromatic rings. The average molecular weight is 317 g/mol. The van der Waals surface area contributed by atoms with Crippen LogP contribution in [0.4, 0.5) is 0 Å². The Bertz CT molecular complexity index is 656. The van der Waals surface area contributed by atoms with Gasteiger partial charge in [-0.1, -0.05) is 42.0 Å². The largest absolute Gasteiger partial charge is 1.00 e. The summed E-state index contributed by atoms with van der Waals surface area (Å²) in [5.41, 5.74) is 2.04. The standard InChI is InChI=1S/C20H24NO2.Li/c1-16-9-7-8-12-18(16)19(23)21(13-14-22)20(2,3)15-17-10-5-4-6-11-17;/h4-12,22H,1,13-15H2,2-3H3;/q-1;+1. The Morgan fingerprint density at radius 3 is 2.25 bits per heavy atom. The number of hydrogen-bond donors (Lipinski definition) is 1. The van der Waals surface area contributed by atoms with E-state index in [1.54, 1.807) is 11.0 Å². The Kier molecular flexibility index (Phi) is 7.63. The molecule has 0 bridgehead atoms. The van der Waals surface area contributed by atoms with Crippen molar-refractivity contribution >= 4 is 5.91 Å². The molecular formula is C20H24LiNO2. The van der Waals surface area contributed by atoms with Crippen LogP contribution in [0.15, 0.2) is 54.6 Å². The van der Waals surface area contributed by atoms with Crippen LogP contribution < -0.4 is 18.9 Å². The topological polar surface area (TPSA) is 40.5 Å². The van der Waals surface area contributed by atoms with Crippen LogP contribution in [0.5, 0.6) is 0 Å². The zero-order valence-electron chi connectivity index (χ0n) is 14.8. The van der Waals surface area contributed by atoms with Gasteiger partial charge in [0.1, 0.15) is 0 Å². The van der Waals surface area contributed by atoms with Crippen molar-refractivity contribution in [3.63, 3.8) is 0 Å². The molecule has 1 amide bonds. The smallest absolute Gasteiger partial charge is 0.395 e. The minimum Gasteiger partial charge on any atom is -0.395 e. The molecule has 0 atom stereocenters. The zero-order valence-corrected chi connectivity index (χ0v) is 14.8. The summed E-state index contributed by atoms with van der Waals surface area (Å²) in [7, 11) is 0. The van der Waals surface area contributed by atoms with Crippen LogP contribution in [0.25, 0.3) is 0 Å². The maximum absolute atomic E-state index is 13.0. The Hall–Kier alpha value is -1.66. The molecule has 0 radical (unpaired) electrons. The van der Waals surface area contributed by atoms with Gasteiger partial charge in [-0.25, -0.2) is 0 Å². The van der Waals surface area contributed by atoms with Crippen molar-refractivity contribution in [3.8, 4) is 0 Å². The van der Waals surface area contributed by atoms with E-state index in [1.165, 1.54) is 0 Å². The third-order valence-electron chi connectivity index (χ3n) is 4.03. The molecule has 2 aromatic carbocycles. The molecule has 122 valence electrons.